The lowest BCUT2D eigenvalue weighted by molar-refractivity contribution is -0.146. The summed E-state index contributed by atoms with van der Waals surface area (Å²) >= 11 is 0. The smallest absolute Gasteiger partial charge is 0.328 e. The summed E-state index contributed by atoms with van der Waals surface area (Å²) in [5.41, 5.74) is 2.90. The van der Waals surface area contributed by atoms with Gasteiger partial charge in [-0.1, -0.05) is 19.9 Å². The predicted molar refractivity (Wildman–Crippen MR) is 85.0 cm³/mol. The van der Waals surface area contributed by atoms with Crippen LogP contribution in [0.1, 0.15) is 30.5 Å². The van der Waals surface area contributed by atoms with E-state index in [4.69, 9.17) is 9.47 Å². The normalized spacial score (nSPS) is 12.0. The lowest BCUT2D eigenvalue weighted by Crippen LogP contribution is -2.45. The van der Waals surface area contributed by atoms with Crippen LogP contribution in [-0.2, 0) is 20.7 Å². The number of methoxy groups -OCH3 is 2. The summed E-state index contributed by atoms with van der Waals surface area (Å²) in [6.07, 6.45) is 0.162. The Balaban J connectivity index is 2.91. The number of amides is 1. The number of hydrogen-bond donors (Lipinski definition) is 1. The van der Waals surface area contributed by atoms with Crippen molar-refractivity contribution in [3.05, 3.63) is 28.8 Å². The fraction of sp³-hybridized carbons (Fsp3) is 0.529. The molecule has 0 fully saturated rings. The monoisotopic (exact) mass is 307 g/mol. The van der Waals surface area contributed by atoms with E-state index in [2.05, 4.69) is 5.32 Å². The van der Waals surface area contributed by atoms with Crippen LogP contribution in [0.25, 0.3) is 0 Å². The zero-order valence-corrected chi connectivity index (χ0v) is 14.1. The molecular formula is C17H25NO4. The summed E-state index contributed by atoms with van der Waals surface area (Å²) in [6, 6.07) is 3.26. The number of carbonyl (C=O) groups excluding carboxylic acids is 2. The SMILES string of the molecule is COC(=O)[C@@H](NC(=O)Cc1c(C)cc(C)cc1OC)C(C)C. The van der Waals surface area contributed by atoms with Crippen molar-refractivity contribution in [1.29, 1.82) is 0 Å². The number of aryl methyl sites for hydroxylation is 2. The zero-order valence-electron chi connectivity index (χ0n) is 14.1. The zero-order chi connectivity index (χ0) is 16.9. The molecule has 122 valence electrons. The van der Waals surface area contributed by atoms with Crippen LogP contribution in [0.15, 0.2) is 12.1 Å². The summed E-state index contributed by atoms with van der Waals surface area (Å²) < 4.78 is 10.1. The van der Waals surface area contributed by atoms with E-state index in [1.807, 2.05) is 39.8 Å². The van der Waals surface area contributed by atoms with Crippen LogP contribution in [0.5, 0.6) is 5.75 Å². The first-order chi connectivity index (χ1) is 10.3. The van der Waals surface area contributed by atoms with Gasteiger partial charge in [-0.25, -0.2) is 4.79 Å². The molecule has 5 nitrogen and oxygen atoms in total. The summed E-state index contributed by atoms with van der Waals surface area (Å²) in [5, 5.41) is 2.74. The van der Waals surface area contributed by atoms with Gasteiger partial charge in [0.25, 0.3) is 0 Å². The Morgan fingerprint density at radius 2 is 1.82 bits per heavy atom. The molecule has 0 aliphatic carbocycles. The van der Waals surface area contributed by atoms with Gasteiger partial charge in [-0.2, -0.15) is 0 Å². The highest BCUT2D eigenvalue weighted by molar-refractivity contribution is 5.86. The average molecular weight is 307 g/mol. The van der Waals surface area contributed by atoms with Gasteiger partial charge in [0.2, 0.25) is 5.91 Å². The number of ether oxygens (including phenoxy) is 2. The molecule has 0 saturated carbocycles. The molecule has 0 bridgehead atoms. The van der Waals surface area contributed by atoms with Crippen LogP contribution in [0.3, 0.4) is 0 Å². The van der Waals surface area contributed by atoms with Crippen molar-refractivity contribution in [2.75, 3.05) is 14.2 Å². The van der Waals surface area contributed by atoms with E-state index < -0.39 is 12.0 Å². The topological polar surface area (TPSA) is 64.6 Å². The van der Waals surface area contributed by atoms with Crippen molar-refractivity contribution in [1.82, 2.24) is 5.32 Å². The van der Waals surface area contributed by atoms with Gasteiger partial charge in [-0.3, -0.25) is 4.79 Å². The molecule has 1 atom stereocenters. The summed E-state index contributed by atoms with van der Waals surface area (Å²) in [4.78, 5) is 24.0. The van der Waals surface area contributed by atoms with E-state index in [1.165, 1.54) is 7.11 Å². The Hall–Kier alpha value is -2.04. The molecule has 0 saturated heterocycles. The van der Waals surface area contributed by atoms with E-state index in [-0.39, 0.29) is 18.2 Å². The second-order valence-corrected chi connectivity index (χ2v) is 5.75. The van der Waals surface area contributed by atoms with Crippen LogP contribution in [0.2, 0.25) is 0 Å². The maximum absolute atomic E-state index is 12.3. The van der Waals surface area contributed by atoms with Crippen molar-refractivity contribution >= 4 is 11.9 Å². The minimum Gasteiger partial charge on any atom is -0.496 e. The van der Waals surface area contributed by atoms with E-state index in [0.717, 1.165) is 16.7 Å². The third kappa shape index (κ3) is 4.48. The van der Waals surface area contributed by atoms with Gasteiger partial charge in [0.05, 0.1) is 20.6 Å². The minimum absolute atomic E-state index is 0.0441. The van der Waals surface area contributed by atoms with Gasteiger partial charge >= 0.3 is 5.97 Å². The largest absolute Gasteiger partial charge is 0.496 e. The highest BCUT2D eigenvalue weighted by atomic mass is 16.5. The molecule has 0 aliphatic heterocycles. The Labute approximate surface area is 132 Å². The highest BCUT2D eigenvalue weighted by Gasteiger charge is 2.25. The fourth-order valence-corrected chi connectivity index (χ4v) is 2.38. The van der Waals surface area contributed by atoms with Gasteiger partial charge < -0.3 is 14.8 Å². The number of esters is 1. The predicted octanol–water partition coefficient (Wildman–Crippen LogP) is 2.17. The number of nitrogens with one attached hydrogen (secondary N) is 1. The Morgan fingerprint density at radius 3 is 2.32 bits per heavy atom. The molecule has 1 N–H and O–H groups in total. The Bertz CT molecular complexity index is 552. The summed E-state index contributed by atoms with van der Waals surface area (Å²) in [7, 11) is 2.90. The Morgan fingerprint density at radius 1 is 1.18 bits per heavy atom. The molecule has 1 aromatic carbocycles. The maximum Gasteiger partial charge on any atom is 0.328 e. The molecule has 0 aliphatic rings. The van der Waals surface area contributed by atoms with Crippen molar-refractivity contribution in [3.8, 4) is 5.75 Å². The van der Waals surface area contributed by atoms with E-state index in [0.29, 0.717) is 5.75 Å². The number of benzene rings is 1. The standard InChI is InChI=1S/C17H25NO4/c1-10(2)16(17(20)22-6)18-15(19)9-13-12(4)7-11(3)8-14(13)21-5/h7-8,10,16H,9H2,1-6H3,(H,18,19)/t16-/m0/s1. The van der Waals surface area contributed by atoms with Crippen LogP contribution < -0.4 is 10.1 Å². The minimum atomic E-state index is -0.644. The van der Waals surface area contributed by atoms with E-state index in [9.17, 15) is 9.59 Å². The molecule has 0 unspecified atom stereocenters. The first-order valence-electron chi connectivity index (χ1n) is 7.31. The molecule has 0 aromatic heterocycles. The van der Waals surface area contributed by atoms with Crippen LogP contribution in [-0.4, -0.2) is 32.1 Å². The highest BCUT2D eigenvalue weighted by Crippen LogP contribution is 2.24. The molecule has 22 heavy (non-hydrogen) atoms. The van der Waals surface area contributed by atoms with Gasteiger partial charge in [-0.15, -0.1) is 0 Å². The van der Waals surface area contributed by atoms with Gasteiger partial charge in [0.1, 0.15) is 11.8 Å². The summed E-state index contributed by atoms with van der Waals surface area (Å²) in [5.74, 6) is -0.0190. The molecule has 1 rings (SSSR count). The second kappa shape index (κ2) is 7.82. The third-order valence-corrected chi connectivity index (χ3v) is 3.57. The van der Waals surface area contributed by atoms with Crippen molar-refractivity contribution in [2.45, 2.75) is 40.2 Å². The summed E-state index contributed by atoms with van der Waals surface area (Å²) in [6.45, 7) is 7.64. The molecule has 1 amide bonds. The number of carbonyl (C=O) groups is 2. The lowest BCUT2D eigenvalue weighted by Gasteiger charge is -2.20. The van der Waals surface area contributed by atoms with Crippen molar-refractivity contribution in [2.24, 2.45) is 5.92 Å². The maximum atomic E-state index is 12.3. The molecule has 0 heterocycles. The first kappa shape index (κ1) is 18.0. The van der Waals surface area contributed by atoms with Crippen molar-refractivity contribution in [3.63, 3.8) is 0 Å². The number of rotatable bonds is 6. The van der Waals surface area contributed by atoms with Gasteiger partial charge in [-0.05, 0) is 37.0 Å². The molecular weight excluding hydrogens is 282 g/mol. The first-order valence-corrected chi connectivity index (χ1v) is 7.31. The lowest BCUT2D eigenvalue weighted by atomic mass is 10.00. The van der Waals surface area contributed by atoms with Crippen LogP contribution in [0, 0.1) is 19.8 Å². The van der Waals surface area contributed by atoms with E-state index >= 15 is 0 Å². The fourth-order valence-electron chi connectivity index (χ4n) is 2.38. The third-order valence-electron chi connectivity index (χ3n) is 3.57. The quantitative estimate of drug-likeness (QED) is 0.818. The second-order valence-electron chi connectivity index (χ2n) is 5.75. The van der Waals surface area contributed by atoms with Crippen LogP contribution in [0.4, 0.5) is 0 Å². The van der Waals surface area contributed by atoms with Gasteiger partial charge in [0.15, 0.2) is 0 Å². The van der Waals surface area contributed by atoms with E-state index in [1.54, 1.807) is 7.11 Å². The number of hydrogen-bond acceptors (Lipinski definition) is 4. The molecule has 5 heteroatoms. The molecule has 0 spiro atoms. The Kier molecular flexibility index (Phi) is 6.40. The van der Waals surface area contributed by atoms with Crippen LogP contribution >= 0.6 is 0 Å². The van der Waals surface area contributed by atoms with Crippen molar-refractivity contribution < 1.29 is 19.1 Å². The van der Waals surface area contributed by atoms with Gasteiger partial charge in [0, 0.05) is 5.56 Å². The molecule has 0 radical (unpaired) electrons. The molecule has 1 aromatic rings. The average Bonchev–Trinajstić information content (AvgIpc) is 2.46.